The summed E-state index contributed by atoms with van der Waals surface area (Å²) in [6, 6.07) is 8.43. The average molecular weight is 230 g/mol. The maximum atomic E-state index is 11.9. The fraction of sp³-hybridized carbons (Fsp3) is 0.500. The molecule has 0 aromatic heterocycles. The zero-order valence-electron chi connectivity index (χ0n) is 9.91. The molecule has 1 fully saturated rings. The second kappa shape index (κ2) is 3.84. The Hall–Kier alpha value is -1.35. The molecule has 0 heterocycles. The molecular formula is C14H18N2O. The molecular weight excluding hydrogens is 212 g/mol. The average Bonchev–Trinajstić information content (AvgIpc) is 2.27. The third-order valence-corrected chi connectivity index (χ3v) is 4.17. The van der Waals surface area contributed by atoms with Gasteiger partial charge in [0.05, 0.1) is 5.54 Å². The largest absolute Gasteiger partial charge is 0.354 e. The van der Waals surface area contributed by atoms with E-state index in [4.69, 9.17) is 5.73 Å². The van der Waals surface area contributed by atoms with Crippen LogP contribution in [0, 0.1) is 0 Å². The molecule has 0 saturated heterocycles. The molecule has 17 heavy (non-hydrogen) atoms. The van der Waals surface area contributed by atoms with Crippen LogP contribution < -0.4 is 11.1 Å². The lowest BCUT2D eigenvalue weighted by atomic mass is 9.75. The van der Waals surface area contributed by atoms with Gasteiger partial charge in [-0.25, -0.2) is 0 Å². The molecule has 0 bridgehead atoms. The van der Waals surface area contributed by atoms with E-state index in [1.54, 1.807) is 0 Å². The fourth-order valence-corrected chi connectivity index (χ4v) is 2.72. The SMILES string of the molecule is NC1(C(=O)NCC2Cc3ccccc32)CCC1. The van der Waals surface area contributed by atoms with Gasteiger partial charge in [-0.15, -0.1) is 0 Å². The Labute approximate surface area is 101 Å². The summed E-state index contributed by atoms with van der Waals surface area (Å²) in [6.07, 6.45) is 3.82. The van der Waals surface area contributed by atoms with E-state index < -0.39 is 5.54 Å². The predicted molar refractivity (Wildman–Crippen MR) is 66.7 cm³/mol. The highest BCUT2D eigenvalue weighted by Crippen LogP contribution is 2.34. The smallest absolute Gasteiger partial charge is 0.240 e. The minimum Gasteiger partial charge on any atom is -0.354 e. The topological polar surface area (TPSA) is 55.1 Å². The molecule has 1 unspecified atom stereocenters. The van der Waals surface area contributed by atoms with Gasteiger partial charge in [-0.05, 0) is 36.8 Å². The highest BCUT2D eigenvalue weighted by Gasteiger charge is 2.40. The summed E-state index contributed by atoms with van der Waals surface area (Å²) in [5, 5.41) is 3.00. The number of carbonyl (C=O) groups is 1. The van der Waals surface area contributed by atoms with Gasteiger partial charge >= 0.3 is 0 Å². The maximum Gasteiger partial charge on any atom is 0.240 e. The molecule has 3 N–H and O–H groups in total. The number of amides is 1. The van der Waals surface area contributed by atoms with Crippen molar-refractivity contribution in [3.63, 3.8) is 0 Å². The molecule has 3 rings (SSSR count). The van der Waals surface area contributed by atoms with E-state index in [9.17, 15) is 4.79 Å². The van der Waals surface area contributed by atoms with Gasteiger partial charge in [0.2, 0.25) is 5.91 Å². The van der Waals surface area contributed by atoms with Crippen molar-refractivity contribution in [2.45, 2.75) is 37.1 Å². The molecule has 1 aromatic rings. The quantitative estimate of drug-likeness (QED) is 0.823. The molecule has 1 aromatic carbocycles. The van der Waals surface area contributed by atoms with Gasteiger partial charge < -0.3 is 11.1 Å². The van der Waals surface area contributed by atoms with Crippen LogP contribution >= 0.6 is 0 Å². The number of fused-ring (bicyclic) bond motifs is 1. The first-order valence-corrected chi connectivity index (χ1v) is 6.34. The zero-order valence-corrected chi connectivity index (χ0v) is 9.91. The van der Waals surface area contributed by atoms with Gasteiger partial charge in [0.25, 0.3) is 0 Å². The summed E-state index contributed by atoms with van der Waals surface area (Å²) in [4.78, 5) is 11.9. The Bertz CT molecular complexity index is 451. The molecule has 1 saturated carbocycles. The molecule has 2 aliphatic rings. The highest BCUT2D eigenvalue weighted by atomic mass is 16.2. The molecule has 3 nitrogen and oxygen atoms in total. The predicted octanol–water partition coefficient (Wildman–Crippen LogP) is 1.32. The van der Waals surface area contributed by atoms with Crippen LogP contribution in [0.5, 0.6) is 0 Å². The Morgan fingerprint density at radius 3 is 2.82 bits per heavy atom. The van der Waals surface area contributed by atoms with Crippen LogP contribution in [0.4, 0.5) is 0 Å². The Morgan fingerprint density at radius 1 is 1.41 bits per heavy atom. The summed E-state index contributed by atoms with van der Waals surface area (Å²) < 4.78 is 0. The van der Waals surface area contributed by atoms with Gasteiger partial charge in [0, 0.05) is 12.5 Å². The molecule has 3 heteroatoms. The Balaban J connectivity index is 1.55. The van der Waals surface area contributed by atoms with Gasteiger partial charge in [-0.3, -0.25) is 4.79 Å². The second-order valence-corrected chi connectivity index (χ2v) is 5.32. The number of hydrogen-bond donors (Lipinski definition) is 2. The number of rotatable bonds is 3. The first kappa shape index (κ1) is 10.8. The van der Waals surface area contributed by atoms with Crippen molar-refractivity contribution in [1.82, 2.24) is 5.32 Å². The third-order valence-electron chi connectivity index (χ3n) is 4.17. The van der Waals surface area contributed by atoms with Crippen LogP contribution in [-0.2, 0) is 11.2 Å². The summed E-state index contributed by atoms with van der Waals surface area (Å²) in [5.41, 5.74) is 8.21. The van der Waals surface area contributed by atoms with Gasteiger partial charge in [-0.2, -0.15) is 0 Å². The van der Waals surface area contributed by atoms with E-state index in [1.807, 2.05) is 0 Å². The van der Waals surface area contributed by atoms with Crippen molar-refractivity contribution in [3.8, 4) is 0 Å². The summed E-state index contributed by atoms with van der Waals surface area (Å²) >= 11 is 0. The van der Waals surface area contributed by atoms with Crippen LogP contribution in [0.2, 0.25) is 0 Å². The molecule has 0 spiro atoms. The lowest BCUT2D eigenvalue weighted by Crippen LogP contribution is -2.59. The first-order valence-electron chi connectivity index (χ1n) is 6.34. The van der Waals surface area contributed by atoms with Crippen molar-refractivity contribution >= 4 is 5.91 Å². The molecule has 90 valence electrons. The third kappa shape index (κ3) is 1.75. The number of carbonyl (C=O) groups excluding carboxylic acids is 1. The van der Waals surface area contributed by atoms with E-state index in [0.717, 1.165) is 32.2 Å². The van der Waals surface area contributed by atoms with E-state index in [2.05, 4.69) is 29.6 Å². The normalized spacial score (nSPS) is 24.2. The summed E-state index contributed by atoms with van der Waals surface area (Å²) in [6.45, 7) is 0.731. The standard InChI is InChI=1S/C14H18N2O/c15-14(6-3-7-14)13(17)16-9-11-8-10-4-1-2-5-12(10)11/h1-2,4-5,11H,3,6-9,15H2,(H,16,17). The number of benzene rings is 1. The van der Waals surface area contributed by atoms with Gasteiger partial charge in [-0.1, -0.05) is 24.3 Å². The van der Waals surface area contributed by atoms with Crippen molar-refractivity contribution in [2.75, 3.05) is 6.54 Å². The second-order valence-electron chi connectivity index (χ2n) is 5.32. The van der Waals surface area contributed by atoms with Gasteiger partial charge in [0.1, 0.15) is 0 Å². The molecule has 2 aliphatic carbocycles. The van der Waals surface area contributed by atoms with Crippen molar-refractivity contribution in [1.29, 1.82) is 0 Å². The van der Waals surface area contributed by atoms with E-state index >= 15 is 0 Å². The minimum absolute atomic E-state index is 0.0353. The molecule has 1 atom stereocenters. The molecule has 1 amide bonds. The Morgan fingerprint density at radius 2 is 2.18 bits per heavy atom. The monoisotopic (exact) mass is 230 g/mol. The number of nitrogens with one attached hydrogen (secondary N) is 1. The van der Waals surface area contributed by atoms with Crippen molar-refractivity contribution < 1.29 is 4.79 Å². The lowest BCUT2D eigenvalue weighted by Gasteiger charge is -2.37. The number of nitrogens with two attached hydrogens (primary N) is 1. The minimum atomic E-state index is -0.566. The fourth-order valence-electron chi connectivity index (χ4n) is 2.72. The van der Waals surface area contributed by atoms with Crippen molar-refractivity contribution in [2.24, 2.45) is 5.73 Å². The summed E-state index contributed by atoms with van der Waals surface area (Å²) in [5.74, 6) is 0.520. The molecule has 0 aliphatic heterocycles. The Kier molecular flexibility index (Phi) is 2.44. The number of hydrogen-bond acceptors (Lipinski definition) is 2. The van der Waals surface area contributed by atoms with Gasteiger partial charge in [0.15, 0.2) is 0 Å². The van der Waals surface area contributed by atoms with E-state index in [0.29, 0.717) is 5.92 Å². The summed E-state index contributed by atoms with van der Waals surface area (Å²) in [7, 11) is 0. The van der Waals surface area contributed by atoms with Crippen LogP contribution in [-0.4, -0.2) is 18.0 Å². The van der Waals surface area contributed by atoms with Crippen LogP contribution in [0.15, 0.2) is 24.3 Å². The highest BCUT2D eigenvalue weighted by molar-refractivity contribution is 5.87. The first-order chi connectivity index (χ1) is 8.19. The zero-order chi connectivity index (χ0) is 11.9. The van der Waals surface area contributed by atoms with Crippen LogP contribution in [0.25, 0.3) is 0 Å². The van der Waals surface area contributed by atoms with E-state index in [-0.39, 0.29) is 5.91 Å². The maximum absolute atomic E-state index is 11.9. The van der Waals surface area contributed by atoms with Crippen LogP contribution in [0.1, 0.15) is 36.3 Å². The molecule has 0 radical (unpaired) electrons. The lowest BCUT2D eigenvalue weighted by molar-refractivity contribution is -0.129. The van der Waals surface area contributed by atoms with E-state index in [1.165, 1.54) is 11.1 Å². The van der Waals surface area contributed by atoms with Crippen molar-refractivity contribution in [3.05, 3.63) is 35.4 Å². The van der Waals surface area contributed by atoms with Crippen LogP contribution in [0.3, 0.4) is 0 Å².